The number of hydrogen-bond donors (Lipinski definition) is 0. The maximum atomic E-state index is 13.3. The minimum absolute atomic E-state index is 0.391. The van der Waals surface area contributed by atoms with Crippen LogP contribution in [0, 0.1) is 16.4 Å². The number of aryl methyl sites for hydroxylation is 1. The average molecular weight is 355 g/mol. The molecule has 2 nitrogen and oxygen atoms in total. The van der Waals surface area contributed by atoms with Crippen molar-refractivity contribution in [1.29, 1.82) is 0 Å². The highest BCUT2D eigenvalue weighted by molar-refractivity contribution is 14.1. The summed E-state index contributed by atoms with van der Waals surface area (Å²) in [6.45, 7) is 1.76. The van der Waals surface area contributed by atoms with Crippen molar-refractivity contribution in [3.63, 3.8) is 0 Å². The van der Waals surface area contributed by atoms with Crippen molar-refractivity contribution in [3.8, 4) is 10.7 Å². The van der Waals surface area contributed by atoms with Gasteiger partial charge in [-0.2, -0.15) is 9.37 Å². The molecule has 78 valence electrons. The third-order valence-corrected chi connectivity index (χ3v) is 4.22. The Balaban J connectivity index is 2.55. The van der Waals surface area contributed by atoms with E-state index in [-0.39, 0.29) is 0 Å². The summed E-state index contributed by atoms with van der Waals surface area (Å²) in [5.41, 5.74) is 0.641. The van der Waals surface area contributed by atoms with Crippen LogP contribution in [0.1, 0.15) is 5.69 Å². The molecule has 0 bridgehead atoms. The first-order chi connectivity index (χ1) is 7.08. The molecule has 0 saturated heterocycles. The molecule has 0 aliphatic heterocycles. The van der Waals surface area contributed by atoms with Crippen LogP contribution in [0.25, 0.3) is 10.7 Å². The van der Waals surface area contributed by atoms with Gasteiger partial charge in [0.05, 0.1) is 18.5 Å². The van der Waals surface area contributed by atoms with Gasteiger partial charge in [0.25, 0.3) is 0 Å². The van der Waals surface area contributed by atoms with Gasteiger partial charge in [-0.1, -0.05) is 11.6 Å². The fourth-order valence-corrected chi connectivity index (χ4v) is 2.29. The quantitative estimate of drug-likeness (QED) is 0.573. The number of aromatic nitrogens is 2. The summed E-state index contributed by atoms with van der Waals surface area (Å²) < 4.78 is 14.4. The van der Waals surface area contributed by atoms with E-state index in [1.165, 1.54) is 11.3 Å². The Morgan fingerprint density at radius 2 is 2.13 bits per heavy atom. The first kappa shape index (κ1) is 11.2. The second kappa shape index (κ2) is 4.31. The Labute approximate surface area is 109 Å². The van der Waals surface area contributed by atoms with Gasteiger partial charge in [-0.3, -0.25) is 0 Å². The lowest BCUT2D eigenvalue weighted by Crippen LogP contribution is -1.98. The van der Waals surface area contributed by atoms with E-state index in [1.54, 1.807) is 19.1 Å². The predicted octanol–water partition coefficient (Wildman–Crippen LogP) is 3.91. The monoisotopic (exact) mass is 354 g/mol. The molecule has 0 atom stereocenters. The zero-order valence-corrected chi connectivity index (χ0v) is 11.3. The van der Waals surface area contributed by atoms with E-state index in [2.05, 4.69) is 9.97 Å². The molecule has 2 aromatic rings. The molecule has 0 aromatic carbocycles. The highest BCUT2D eigenvalue weighted by Crippen LogP contribution is 2.29. The molecule has 0 fully saturated rings. The first-order valence-corrected chi connectivity index (χ1v) is 6.30. The van der Waals surface area contributed by atoms with Crippen LogP contribution in [-0.2, 0) is 0 Å². The normalized spacial score (nSPS) is 10.7. The summed E-state index contributed by atoms with van der Waals surface area (Å²) in [4.78, 5) is 8.77. The number of nitrogens with zero attached hydrogens (tertiary/aromatic N) is 2. The first-order valence-electron chi connectivity index (χ1n) is 4.03. The third-order valence-electron chi connectivity index (χ3n) is 1.77. The summed E-state index contributed by atoms with van der Waals surface area (Å²) >= 11 is 9.01. The molecule has 0 saturated carbocycles. The van der Waals surface area contributed by atoms with Gasteiger partial charge in [0, 0.05) is 0 Å². The maximum Gasteiger partial charge on any atom is 0.230 e. The van der Waals surface area contributed by atoms with E-state index in [0.29, 0.717) is 19.4 Å². The number of halogens is 3. The molecule has 0 aliphatic rings. The zero-order chi connectivity index (χ0) is 11.0. The molecule has 2 aromatic heterocycles. The topological polar surface area (TPSA) is 25.8 Å². The Morgan fingerprint density at radius 1 is 1.40 bits per heavy atom. The predicted molar refractivity (Wildman–Crippen MR) is 67.8 cm³/mol. The molecule has 2 heterocycles. The molecule has 0 N–H and O–H groups in total. The number of rotatable bonds is 1. The number of hydrogen-bond acceptors (Lipinski definition) is 3. The van der Waals surface area contributed by atoms with E-state index in [0.717, 1.165) is 4.88 Å². The van der Waals surface area contributed by atoms with Crippen molar-refractivity contribution >= 4 is 45.5 Å². The minimum Gasteiger partial charge on any atom is -0.231 e. The summed E-state index contributed by atoms with van der Waals surface area (Å²) in [6.07, 6.45) is 0. The molecule has 0 aliphatic carbocycles. The summed E-state index contributed by atoms with van der Waals surface area (Å²) in [7, 11) is 0. The molecule has 0 unspecified atom stereocenters. The van der Waals surface area contributed by atoms with Gasteiger partial charge in [-0.25, -0.2) is 4.98 Å². The van der Waals surface area contributed by atoms with Crippen LogP contribution in [0.4, 0.5) is 4.39 Å². The van der Waals surface area contributed by atoms with E-state index in [9.17, 15) is 4.39 Å². The van der Waals surface area contributed by atoms with Gasteiger partial charge in [0.15, 0.2) is 5.82 Å². The standard InChI is InChI=1S/C9H5ClFIN2S/c1-4-7(12)8(11)14-9(13-4)5-2-3-6(10)15-5/h2-3H,1H3. The van der Waals surface area contributed by atoms with E-state index >= 15 is 0 Å². The van der Waals surface area contributed by atoms with Crippen LogP contribution in [0.15, 0.2) is 12.1 Å². The molecule has 6 heteroatoms. The van der Waals surface area contributed by atoms with Gasteiger partial charge < -0.3 is 0 Å². The molecule has 0 amide bonds. The summed E-state index contributed by atoms with van der Waals surface area (Å²) in [5.74, 6) is -0.0926. The van der Waals surface area contributed by atoms with E-state index in [1.807, 2.05) is 22.6 Å². The summed E-state index contributed by atoms with van der Waals surface area (Å²) in [6, 6.07) is 3.53. The lowest BCUT2D eigenvalue weighted by molar-refractivity contribution is 0.571. The third kappa shape index (κ3) is 2.29. The molecular formula is C9H5ClFIN2S. The van der Waals surface area contributed by atoms with E-state index in [4.69, 9.17) is 11.6 Å². The minimum atomic E-state index is -0.484. The van der Waals surface area contributed by atoms with Gasteiger partial charge >= 0.3 is 0 Å². The number of thiophene rings is 1. The summed E-state index contributed by atoms with van der Waals surface area (Å²) in [5, 5.41) is 0. The highest BCUT2D eigenvalue weighted by atomic mass is 127. The Hall–Kier alpha value is -0.270. The van der Waals surface area contributed by atoms with Crippen LogP contribution in [-0.4, -0.2) is 9.97 Å². The lowest BCUT2D eigenvalue weighted by atomic mass is 10.4. The van der Waals surface area contributed by atoms with Crippen molar-refractivity contribution in [2.45, 2.75) is 6.92 Å². The zero-order valence-electron chi connectivity index (χ0n) is 7.59. The van der Waals surface area contributed by atoms with Gasteiger partial charge in [-0.05, 0) is 41.6 Å². The van der Waals surface area contributed by atoms with Crippen LogP contribution >= 0.6 is 45.5 Å². The average Bonchev–Trinajstić information content (AvgIpc) is 2.60. The Bertz CT molecular complexity index is 492. The van der Waals surface area contributed by atoms with Crippen LogP contribution in [0.3, 0.4) is 0 Å². The van der Waals surface area contributed by atoms with Crippen LogP contribution in [0.2, 0.25) is 4.34 Å². The van der Waals surface area contributed by atoms with Crippen molar-refractivity contribution in [2.75, 3.05) is 0 Å². The molecule has 0 radical (unpaired) electrons. The highest BCUT2D eigenvalue weighted by Gasteiger charge is 2.11. The molecular weight excluding hydrogens is 350 g/mol. The van der Waals surface area contributed by atoms with Crippen molar-refractivity contribution < 1.29 is 4.39 Å². The fourth-order valence-electron chi connectivity index (χ4n) is 1.07. The second-order valence-corrected chi connectivity index (χ2v) is 5.64. The molecule has 0 spiro atoms. The maximum absolute atomic E-state index is 13.3. The van der Waals surface area contributed by atoms with Gasteiger partial charge in [0.2, 0.25) is 5.95 Å². The van der Waals surface area contributed by atoms with E-state index < -0.39 is 5.95 Å². The molecule has 15 heavy (non-hydrogen) atoms. The fraction of sp³-hybridized carbons (Fsp3) is 0.111. The van der Waals surface area contributed by atoms with Gasteiger partial charge in [0.1, 0.15) is 0 Å². The lowest BCUT2D eigenvalue weighted by Gasteiger charge is -2.01. The second-order valence-electron chi connectivity index (χ2n) is 2.84. The van der Waals surface area contributed by atoms with Crippen molar-refractivity contribution in [1.82, 2.24) is 9.97 Å². The van der Waals surface area contributed by atoms with Crippen LogP contribution in [0.5, 0.6) is 0 Å². The Morgan fingerprint density at radius 3 is 2.67 bits per heavy atom. The Kier molecular flexibility index (Phi) is 3.22. The molecule has 2 rings (SSSR count). The smallest absolute Gasteiger partial charge is 0.230 e. The van der Waals surface area contributed by atoms with Crippen molar-refractivity contribution in [3.05, 3.63) is 31.7 Å². The largest absolute Gasteiger partial charge is 0.231 e. The van der Waals surface area contributed by atoms with Crippen LogP contribution < -0.4 is 0 Å². The van der Waals surface area contributed by atoms with Gasteiger partial charge in [-0.15, -0.1) is 11.3 Å². The SMILES string of the molecule is Cc1nc(-c2ccc(Cl)s2)nc(F)c1I. The van der Waals surface area contributed by atoms with Crippen molar-refractivity contribution in [2.24, 2.45) is 0 Å².